The predicted octanol–water partition coefficient (Wildman–Crippen LogP) is 3.71. The molecule has 0 bridgehead atoms. The molecular weight excluding hydrogens is 344 g/mol. The van der Waals surface area contributed by atoms with Gasteiger partial charge in [-0.2, -0.15) is 4.98 Å². The SMILES string of the molecule is CC(C)CNC(=O)N1CCCCC1c1nc(CCOCC2CCCC2)no1. The van der Waals surface area contributed by atoms with Crippen LogP contribution in [0.4, 0.5) is 4.79 Å². The summed E-state index contributed by atoms with van der Waals surface area (Å²) in [6.07, 6.45) is 8.88. The van der Waals surface area contributed by atoms with Gasteiger partial charge in [-0.05, 0) is 43.9 Å². The number of urea groups is 1. The highest BCUT2D eigenvalue weighted by atomic mass is 16.5. The third-order valence-corrected chi connectivity index (χ3v) is 5.49. The maximum absolute atomic E-state index is 12.5. The summed E-state index contributed by atoms with van der Waals surface area (Å²) in [5, 5.41) is 7.11. The van der Waals surface area contributed by atoms with E-state index < -0.39 is 0 Å². The van der Waals surface area contributed by atoms with Crippen molar-refractivity contribution in [3.05, 3.63) is 11.7 Å². The van der Waals surface area contributed by atoms with Crippen LogP contribution in [0.2, 0.25) is 0 Å². The van der Waals surface area contributed by atoms with Gasteiger partial charge in [0.15, 0.2) is 5.82 Å². The topological polar surface area (TPSA) is 80.5 Å². The van der Waals surface area contributed by atoms with Gasteiger partial charge < -0.3 is 19.5 Å². The number of rotatable bonds is 8. The van der Waals surface area contributed by atoms with E-state index in [-0.39, 0.29) is 12.1 Å². The monoisotopic (exact) mass is 378 g/mol. The first kappa shape index (κ1) is 20.1. The fourth-order valence-electron chi connectivity index (χ4n) is 3.92. The van der Waals surface area contributed by atoms with Crippen LogP contribution >= 0.6 is 0 Å². The number of likely N-dealkylation sites (tertiary alicyclic amines) is 1. The summed E-state index contributed by atoms with van der Waals surface area (Å²) in [4.78, 5) is 18.9. The number of piperidine rings is 1. The Labute approximate surface area is 162 Å². The van der Waals surface area contributed by atoms with Crippen LogP contribution < -0.4 is 5.32 Å². The molecule has 1 aliphatic carbocycles. The Hall–Kier alpha value is -1.63. The molecule has 1 aliphatic heterocycles. The molecule has 3 rings (SSSR count). The summed E-state index contributed by atoms with van der Waals surface area (Å²) in [6.45, 7) is 7.06. The zero-order chi connectivity index (χ0) is 19.1. The number of carbonyl (C=O) groups is 1. The molecule has 1 N–H and O–H groups in total. The third-order valence-electron chi connectivity index (χ3n) is 5.49. The van der Waals surface area contributed by atoms with Gasteiger partial charge in [-0.3, -0.25) is 0 Å². The molecule has 152 valence electrons. The molecule has 1 saturated heterocycles. The molecular formula is C20H34N4O3. The van der Waals surface area contributed by atoms with Crippen LogP contribution in [-0.4, -0.2) is 47.4 Å². The maximum atomic E-state index is 12.5. The van der Waals surface area contributed by atoms with Gasteiger partial charge >= 0.3 is 6.03 Å². The minimum absolute atomic E-state index is 0.0342. The summed E-state index contributed by atoms with van der Waals surface area (Å²) >= 11 is 0. The average molecular weight is 379 g/mol. The van der Waals surface area contributed by atoms with Crippen LogP contribution in [0.25, 0.3) is 0 Å². The lowest BCUT2D eigenvalue weighted by Crippen LogP contribution is -2.45. The molecule has 2 amide bonds. The van der Waals surface area contributed by atoms with E-state index in [0.717, 1.165) is 38.3 Å². The molecule has 1 aromatic rings. The highest BCUT2D eigenvalue weighted by molar-refractivity contribution is 5.74. The summed E-state index contributed by atoms with van der Waals surface area (Å²) in [7, 11) is 0. The first-order valence-electron chi connectivity index (χ1n) is 10.6. The van der Waals surface area contributed by atoms with Crippen LogP contribution in [-0.2, 0) is 11.2 Å². The Kier molecular flexibility index (Phi) is 7.50. The minimum Gasteiger partial charge on any atom is -0.381 e. The fourth-order valence-corrected chi connectivity index (χ4v) is 3.92. The number of aromatic nitrogens is 2. The van der Waals surface area contributed by atoms with Gasteiger partial charge in [0, 0.05) is 26.1 Å². The second-order valence-corrected chi connectivity index (χ2v) is 8.31. The first-order chi connectivity index (χ1) is 13.1. The van der Waals surface area contributed by atoms with E-state index in [4.69, 9.17) is 9.26 Å². The van der Waals surface area contributed by atoms with E-state index in [2.05, 4.69) is 29.3 Å². The van der Waals surface area contributed by atoms with Gasteiger partial charge in [-0.15, -0.1) is 0 Å². The van der Waals surface area contributed by atoms with Crippen molar-refractivity contribution >= 4 is 6.03 Å². The molecule has 0 radical (unpaired) electrons. The van der Waals surface area contributed by atoms with Crippen molar-refractivity contribution < 1.29 is 14.1 Å². The van der Waals surface area contributed by atoms with E-state index in [1.807, 2.05) is 4.90 Å². The van der Waals surface area contributed by atoms with Crippen molar-refractivity contribution in [2.24, 2.45) is 11.8 Å². The van der Waals surface area contributed by atoms with Crippen LogP contribution in [0.1, 0.15) is 76.6 Å². The zero-order valence-corrected chi connectivity index (χ0v) is 16.8. The normalized spacial score (nSPS) is 21.1. The molecule has 1 unspecified atom stereocenters. The third kappa shape index (κ3) is 5.92. The van der Waals surface area contributed by atoms with Crippen molar-refractivity contribution in [3.63, 3.8) is 0 Å². The number of hydrogen-bond donors (Lipinski definition) is 1. The quantitative estimate of drug-likeness (QED) is 0.698. The summed E-state index contributed by atoms with van der Waals surface area (Å²) in [6, 6.07) is -0.153. The van der Waals surface area contributed by atoms with E-state index in [0.29, 0.717) is 37.2 Å². The van der Waals surface area contributed by atoms with Crippen molar-refractivity contribution in [2.75, 3.05) is 26.3 Å². The number of ether oxygens (including phenoxy) is 1. The predicted molar refractivity (Wildman–Crippen MR) is 102 cm³/mol. The summed E-state index contributed by atoms with van der Waals surface area (Å²) in [5.74, 6) is 2.38. The standard InChI is InChI=1S/C20H34N4O3/c1-15(2)13-21-20(25)24-11-6-5-9-17(24)19-22-18(23-27-19)10-12-26-14-16-7-3-4-8-16/h15-17H,3-14H2,1-2H3,(H,21,25). The highest BCUT2D eigenvalue weighted by Gasteiger charge is 2.32. The molecule has 27 heavy (non-hydrogen) atoms. The van der Waals surface area contributed by atoms with Gasteiger partial charge in [0.25, 0.3) is 0 Å². The highest BCUT2D eigenvalue weighted by Crippen LogP contribution is 2.30. The van der Waals surface area contributed by atoms with Crippen molar-refractivity contribution in [1.82, 2.24) is 20.4 Å². The Balaban J connectivity index is 1.49. The van der Waals surface area contributed by atoms with Crippen LogP contribution in [0.15, 0.2) is 4.52 Å². The lowest BCUT2D eigenvalue weighted by Gasteiger charge is -2.33. The van der Waals surface area contributed by atoms with Crippen LogP contribution in [0.5, 0.6) is 0 Å². The van der Waals surface area contributed by atoms with Gasteiger partial charge in [0.2, 0.25) is 5.89 Å². The summed E-state index contributed by atoms with van der Waals surface area (Å²) in [5.41, 5.74) is 0. The van der Waals surface area contributed by atoms with Gasteiger partial charge in [-0.25, -0.2) is 4.79 Å². The van der Waals surface area contributed by atoms with E-state index in [9.17, 15) is 4.79 Å². The number of carbonyl (C=O) groups excluding carboxylic acids is 1. The average Bonchev–Trinajstić information content (AvgIpc) is 3.35. The Morgan fingerprint density at radius 3 is 2.81 bits per heavy atom. The van der Waals surface area contributed by atoms with Crippen LogP contribution in [0, 0.1) is 11.8 Å². The smallest absolute Gasteiger partial charge is 0.318 e. The second-order valence-electron chi connectivity index (χ2n) is 8.31. The van der Waals surface area contributed by atoms with Crippen molar-refractivity contribution in [3.8, 4) is 0 Å². The van der Waals surface area contributed by atoms with E-state index >= 15 is 0 Å². The van der Waals surface area contributed by atoms with Crippen LogP contribution in [0.3, 0.4) is 0 Å². The number of nitrogens with one attached hydrogen (secondary N) is 1. The summed E-state index contributed by atoms with van der Waals surface area (Å²) < 4.78 is 11.3. The lowest BCUT2D eigenvalue weighted by atomic mass is 10.0. The molecule has 2 fully saturated rings. The largest absolute Gasteiger partial charge is 0.381 e. The van der Waals surface area contributed by atoms with Gasteiger partial charge in [0.1, 0.15) is 6.04 Å². The molecule has 2 aliphatic rings. The van der Waals surface area contributed by atoms with E-state index in [1.54, 1.807) is 0 Å². The Morgan fingerprint density at radius 2 is 2.04 bits per heavy atom. The van der Waals surface area contributed by atoms with Crippen molar-refractivity contribution in [1.29, 1.82) is 0 Å². The number of nitrogens with zero attached hydrogens (tertiary/aromatic N) is 3. The molecule has 7 nitrogen and oxygen atoms in total. The maximum Gasteiger partial charge on any atom is 0.318 e. The molecule has 2 heterocycles. The van der Waals surface area contributed by atoms with Gasteiger partial charge in [-0.1, -0.05) is 31.8 Å². The first-order valence-corrected chi connectivity index (χ1v) is 10.6. The molecule has 1 saturated carbocycles. The minimum atomic E-state index is -0.119. The number of amides is 2. The van der Waals surface area contributed by atoms with Crippen molar-refractivity contribution in [2.45, 2.75) is 71.3 Å². The molecule has 0 aromatic carbocycles. The second kappa shape index (κ2) is 10.1. The van der Waals surface area contributed by atoms with E-state index in [1.165, 1.54) is 25.7 Å². The fraction of sp³-hybridized carbons (Fsp3) is 0.850. The molecule has 1 aromatic heterocycles. The van der Waals surface area contributed by atoms with Gasteiger partial charge in [0.05, 0.1) is 6.61 Å². The Morgan fingerprint density at radius 1 is 1.26 bits per heavy atom. The molecule has 0 spiro atoms. The zero-order valence-electron chi connectivity index (χ0n) is 16.8. The lowest BCUT2D eigenvalue weighted by molar-refractivity contribution is 0.102. The number of hydrogen-bond acceptors (Lipinski definition) is 5. The Bertz CT molecular complexity index is 584. The molecule has 1 atom stereocenters. The molecule has 7 heteroatoms.